The zero-order valence-electron chi connectivity index (χ0n) is 10.1. The van der Waals surface area contributed by atoms with Crippen molar-refractivity contribution in [3.05, 3.63) is 64.7 Å². The van der Waals surface area contributed by atoms with Crippen LogP contribution in [0.1, 0.15) is 24.2 Å². The molecule has 0 bridgehead atoms. The summed E-state index contributed by atoms with van der Waals surface area (Å²) < 4.78 is 5.64. The van der Waals surface area contributed by atoms with Crippen LogP contribution in [0.5, 0.6) is 5.75 Å². The van der Waals surface area contributed by atoms with Crippen LogP contribution >= 0.6 is 11.6 Å². The first-order valence-electron chi connectivity index (χ1n) is 5.80. The number of aliphatic hydroxyl groups is 1. The van der Waals surface area contributed by atoms with E-state index in [1.165, 1.54) is 0 Å². The number of halogens is 1. The molecule has 0 aliphatic rings. The average molecular weight is 263 g/mol. The van der Waals surface area contributed by atoms with Crippen LogP contribution in [0.15, 0.2) is 48.5 Å². The summed E-state index contributed by atoms with van der Waals surface area (Å²) in [6.45, 7) is 2.22. The molecule has 1 N–H and O–H groups in total. The molecule has 2 aromatic carbocycles. The van der Waals surface area contributed by atoms with Crippen LogP contribution in [-0.4, -0.2) is 5.11 Å². The summed E-state index contributed by atoms with van der Waals surface area (Å²) in [6.07, 6.45) is -0.452. The van der Waals surface area contributed by atoms with Crippen LogP contribution in [0.4, 0.5) is 0 Å². The van der Waals surface area contributed by atoms with Crippen molar-refractivity contribution in [1.82, 2.24) is 0 Å². The van der Waals surface area contributed by atoms with Gasteiger partial charge in [-0.2, -0.15) is 0 Å². The van der Waals surface area contributed by atoms with Crippen molar-refractivity contribution < 1.29 is 9.84 Å². The lowest BCUT2D eigenvalue weighted by Crippen LogP contribution is -1.96. The molecule has 0 aliphatic heterocycles. The summed E-state index contributed by atoms with van der Waals surface area (Å²) in [6, 6.07) is 15.0. The first-order chi connectivity index (χ1) is 8.65. The molecule has 94 valence electrons. The monoisotopic (exact) mass is 262 g/mol. The van der Waals surface area contributed by atoms with Gasteiger partial charge >= 0.3 is 0 Å². The maximum absolute atomic E-state index is 9.40. The lowest BCUT2D eigenvalue weighted by Gasteiger charge is -2.08. The summed E-state index contributed by atoms with van der Waals surface area (Å²) in [4.78, 5) is 0. The third-order valence-corrected chi connectivity index (χ3v) is 2.89. The van der Waals surface area contributed by atoms with Crippen molar-refractivity contribution in [3.63, 3.8) is 0 Å². The minimum Gasteiger partial charge on any atom is -0.489 e. The number of hydrogen-bond donors (Lipinski definition) is 1. The maximum atomic E-state index is 9.40. The second kappa shape index (κ2) is 5.89. The molecule has 0 heterocycles. The van der Waals surface area contributed by atoms with E-state index in [0.717, 1.165) is 16.9 Å². The molecule has 0 spiro atoms. The minimum absolute atomic E-state index is 0.452. The Kier molecular flexibility index (Phi) is 4.24. The summed E-state index contributed by atoms with van der Waals surface area (Å²) >= 11 is 5.90. The highest BCUT2D eigenvalue weighted by molar-refractivity contribution is 6.30. The Morgan fingerprint density at radius 2 is 1.89 bits per heavy atom. The highest BCUT2D eigenvalue weighted by Crippen LogP contribution is 2.19. The number of benzene rings is 2. The molecule has 2 aromatic rings. The van der Waals surface area contributed by atoms with Gasteiger partial charge in [0.1, 0.15) is 12.4 Å². The Bertz CT molecular complexity index is 506. The van der Waals surface area contributed by atoms with Crippen molar-refractivity contribution in [2.24, 2.45) is 0 Å². The predicted octanol–water partition coefficient (Wildman–Crippen LogP) is 3.97. The molecule has 0 amide bonds. The topological polar surface area (TPSA) is 29.5 Å². The van der Waals surface area contributed by atoms with Crippen LogP contribution in [-0.2, 0) is 6.61 Å². The summed E-state index contributed by atoms with van der Waals surface area (Å²) in [5.41, 5.74) is 1.91. The largest absolute Gasteiger partial charge is 0.489 e. The molecule has 1 unspecified atom stereocenters. The third-order valence-electron chi connectivity index (χ3n) is 2.66. The first kappa shape index (κ1) is 12.9. The Morgan fingerprint density at radius 3 is 2.50 bits per heavy atom. The quantitative estimate of drug-likeness (QED) is 0.903. The van der Waals surface area contributed by atoms with Crippen molar-refractivity contribution in [1.29, 1.82) is 0 Å². The van der Waals surface area contributed by atoms with E-state index in [0.29, 0.717) is 11.6 Å². The van der Waals surface area contributed by atoms with Crippen LogP contribution in [0.3, 0.4) is 0 Å². The molecular formula is C15H15ClO2. The molecule has 3 heteroatoms. The van der Waals surface area contributed by atoms with Gasteiger partial charge in [0.05, 0.1) is 6.10 Å². The van der Waals surface area contributed by atoms with Gasteiger partial charge in [-0.1, -0.05) is 35.9 Å². The molecule has 2 nitrogen and oxygen atoms in total. The Labute approximate surface area is 112 Å². The van der Waals surface area contributed by atoms with Gasteiger partial charge in [0.15, 0.2) is 0 Å². The second-order valence-electron chi connectivity index (χ2n) is 4.16. The van der Waals surface area contributed by atoms with Gasteiger partial charge in [-0.15, -0.1) is 0 Å². The van der Waals surface area contributed by atoms with Crippen molar-refractivity contribution in [3.8, 4) is 5.75 Å². The highest BCUT2D eigenvalue weighted by Gasteiger charge is 2.01. The summed E-state index contributed by atoms with van der Waals surface area (Å²) in [5, 5.41) is 10.1. The molecular weight excluding hydrogens is 248 g/mol. The van der Waals surface area contributed by atoms with Crippen LogP contribution < -0.4 is 4.74 Å². The minimum atomic E-state index is -0.452. The molecule has 0 saturated heterocycles. The van der Waals surface area contributed by atoms with Gasteiger partial charge < -0.3 is 9.84 Å². The van der Waals surface area contributed by atoms with Gasteiger partial charge in [-0.3, -0.25) is 0 Å². The van der Waals surface area contributed by atoms with E-state index in [9.17, 15) is 5.11 Å². The molecule has 18 heavy (non-hydrogen) atoms. The summed E-state index contributed by atoms with van der Waals surface area (Å²) in [7, 11) is 0. The molecule has 0 aromatic heterocycles. The van der Waals surface area contributed by atoms with Crippen molar-refractivity contribution in [2.75, 3.05) is 0 Å². The van der Waals surface area contributed by atoms with E-state index >= 15 is 0 Å². The first-order valence-corrected chi connectivity index (χ1v) is 6.18. The zero-order chi connectivity index (χ0) is 13.0. The Hall–Kier alpha value is -1.51. The fourth-order valence-electron chi connectivity index (χ4n) is 1.64. The van der Waals surface area contributed by atoms with E-state index in [2.05, 4.69) is 0 Å². The van der Waals surface area contributed by atoms with Gasteiger partial charge in [0.2, 0.25) is 0 Å². The lowest BCUT2D eigenvalue weighted by atomic mass is 10.1. The fraction of sp³-hybridized carbons (Fsp3) is 0.200. The van der Waals surface area contributed by atoms with Crippen LogP contribution in [0, 0.1) is 0 Å². The smallest absolute Gasteiger partial charge is 0.119 e. The molecule has 0 fully saturated rings. The molecule has 0 radical (unpaired) electrons. The number of rotatable bonds is 4. The lowest BCUT2D eigenvalue weighted by molar-refractivity contribution is 0.199. The predicted molar refractivity (Wildman–Crippen MR) is 72.9 cm³/mol. The Morgan fingerprint density at radius 1 is 1.17 bits per heavy atom. The number of aliphatic hydroxyl groups excluding tert-OH is 1. The molecule has 1 atom stereocenters. The standard InChI is InChI=1S/C15H15ClO2/c1-11(17)13-5-7-15(8-6-13)18-10-12-3-2-4-14(16)9-12/h2-9,11,17H,10H2,1H3. The average Bonchev–Trinajstić information content (AvgIpc) is 2.37. The van der Waals surface area contributed by atoms with Crippen molar-refractivity contribution in [2.45, 2.75) is 19.6 Å². The number of ether oxygens (including phenoxy) is 1. The highest BCUT2D eigenvalue weighted by atomic mass is 35.5. The normalized spacial score (nSPS) is 12.2. The van der Waals surface area contributed by atoms with Crippen LogP contribution in [0.25, 0.3) is 0 Å². The van der Waals surface area contributed by atoms with Crippen LogP contribution in [0.2, 0.25) is 5.02 Å². The SMILES string of the molecule is CC(O)c1ccc(OCc2cccc(Cl)c2)cc1. The zero-order valence-corrected chi connectivity index (χ0v) is 10.9. The maximum Gasteiger partial charge on any atom is 0.119 e. The van der Waals surface area contributed by atoms with Crippen molar-refractivity contribution >= 4 is 11.6 Å². The van der Waals surface area contributed by atoms with Gasteiger partial charge in [-0.25, -0.2) is 0 Å². The third kappa shape index (κ3) is 3.49. The molecule has 0 aliphatic carbocycles. The van der Waals surface area contributed by atoms with Gasteiger partial charge in [0.25, 0.3) is 0 Å². The fourth-order valence-corrected chi connectivity index (χ4v) is 1.85. The van der Waals surface area contributed by atoms with Gasteiger partial charge in [-0.05, 0) is 42.3 Å². The number of hydrogen-bond acceptors (Lipinski definition) is 2. The second-order valence-corrected chi connectivity index (χ2v) is 4.60. The Balaban J connectivity index is 1.98. The summed E-state index contributed by atoms with van der Waals surface area (Å²) in [5.74, 6) is 0.777. The van der Waals surface area contributed by atoms with E-state index in [1.807, 2.05) is 48.5 Å². The molecule has 2 rings (SSSR count). The van der Waals surface area contributed by atoms with E-state index in [4.69, 9.17) is 16.3 Å². The van der Waals surface area contributed by atoms with E-state index < -0.39 is 6.10 Å². The van der Waals surface area contributed by atoms with E-state index in [-0.39, 0.29) is 0 Å². The van der Waals surface area contributed by atoms with E-state index in [1.54, 1.807) is 6.92 Å². The van der Waals surface area contributed by atoms with Gasteiger partial charge in [0, 0.05) is 5.02 Å². The molecule has 0 saturated carbocycles.